The third-order valence-corrected chi connectivity index (χ3v) is 3.80. The van der Waals surface area contributed by atoms with Gasteiger partial charge in [0.2, 0.25) is 5.91 Å². The van der Waals surface area contributed by atoms with E-state index in [0.29, 0.717) is 12.4 Å². The van der Waals surface area contributed by atoms with Gasteiger partial charge in [-0.3, -0.25) is 4.79 Å². The van der Waals surface area contributed by atoms with Crippen molar-refractivity contribution in [1.29, 1.82) is 0 Å². The van der Waals surface area contributed by atoms with E-state index < -0.39 is 5.97 Å². The van der Waals surface area contributed by atoms with Crippen LogP contribution in [0.5, 0.6) is 0 Å². The monoisotopic (exact) mass is 362 g/mol. The van der Waals surface area contributed by atoms with Gasteiger partial charge < -0.3 is 15.7 Å². The lowest BCUT2D eigenvalue weighted by Crippen LogP contribution is -2.30. The number of hydrogen-bond donors (Lipinski definition) is 3. The van der Waals surface area contributed by atoms with Crippen molar-refractivity contribution in [3.8, 4) is 11.4 Å². The Balaban J connectivity index is 1.69. The van der Waals surface area contributed by atoms with Crippen molar-refractivity contribution >= 4 is 17.7 Å². The average molecular weight is 362 g/mol. The predicted molar refractivity (Wildman–Crippen MR) is 101 cm³/mol. The Labute approximate surface area is 156 Å². The van der Waals surface area contributed by atoms with Crippen molar-refractivity contribution in [3.63, 3.8) is 0 Å². The largest absolute Gasteiger partial charge is 0.477 e. The van der Waals surface area contributed by atoms with Gasteiger partial charge in [0.25, 0.3) is 0 Å². The maximum atomic E-state index is 12.1. The lowest BCUT2D eigenvalue weighted by Gasteiger charge is -2.10. The molecule has 1 aromatic heterocycles. The van der Waals surface area contributed by atoms with Crippen molar-refractivity contribution in [2.24, 2.45) is 0 Å². The van der Waals surface area contributed by atoms with Crippen LogP contribution < -0.4 is 10.6 Å². The molecule has 3 N–H and O–H groups in total. The van der Waals surface area contributed by atoms with E-state index in [4.69, 9.17) is 0 Å². The van der Waals surface area contributed by atoms with Crippen LogP contribution >= 0.6 is 0 Å². The summed E-state index contributed by atoms with van der Waals surface area (Å²) in [5.41, 5.74) is 1.64. The predicted octanol–water partition coefficient (Wildman–Crippen LogP) is 2.57. The highest BCUT2D eigenvalue weighted by molar-refractivity contribution is 5.94. The molecule has 136 valence electrons. The molecule has 3 rings (SSSR count). The second-order valence-corrected chi connectivity index (χ2v) is 5.74. The van der Waals surface area contributed by atoms with E-state index >= 15 is 0 Å². The Morgan fingerprint density at radius 1 is 0.963 bits per heavy atom. The van der Waals surface area contributed by atoms with Crippen molar-refractivity contribution in [2.45, 2.75) is 6.54 Å². The molecule has 1 heterocycles. The van der Waals surface area contributed by atoms with Gasteiger partial charge in [-0.05, 0) is 5.56 Å². The number of carbonyl (C=O) groups is 2. The van der Waals surface area contributed by atoms with Crippen molar-refractivity contribution in [3.05, 3.63) is 78.0 Å². The molecule has 0 saturated carbocycles. The van der Waals surface area contributed by atoms with Gasteiger partial charge in [-0.25, -0.2) is 14.8 Å². The topological polar surface area (TPSA) is 104 Å². The lowest BCUT2D eigenvalue weighted by atomic mass is 10.2. The highest BCUT2D eigenvalue weighted by Gasteiger charge is 2.15. The number of aromatic nitrogens is 2. The molecule has 0 spiro atoms. The molecule has 27 heavy (non-hydrogen) atoms. The Morgan fingerprint density at radius 2 is 1.63 bits per heavy atom. The molecule has 0 atom stereocenters. The molecule has 3 aromatic rings. The molecule has 7 nitrogen and oxygen atoms in total. The highest BCUT2D eigenvalue weighted by Crippen LogP contribution is 2.19. The van der Waals surface area contributed by atoms with E-state index in [1.165, 1.54) is 6.20 Å². The smallest absolute Gasteiger partial charge is 0.341 e. The van der Waals surface area contributed by atoms with Crippen LogP contribution in [-0.4, -0.2) is 33.5 Å². The summed E-state index contributed by atoms with van der Waals surface area (Å²) in [5, 5.41) is 14.9. The summed E-state index contributed by atoms with van der Waals surface area (Å²) in [6.07, 6.45) is 1.24. The van der Waals surface area contributed by atoms with Gasteiger partial charge in [-0.1, -0.05) is 60.7 Å². The first-order valence-electron chi connectivity index (χ1n) is 8.34. The molecule has 1 amide bonds. The number of hydrogen-bond acceptors (Lipinski definition) is 5. The number of carboxylic acids is 1. The van der Waals surface area contributed by atoms with Gasteiger partial charge in [0.15, 0.2) is 5.82 Å². The maximum absolute atomic E-state index is 12.1. The van der Waals surface area contributed by atoms with Gasteiger partial charge in [-0.2, -0.15) is 0 Å². The number of nitrogens with one attached hydrogen (secondary N) is 2. The lowest BCUT2D eigenvalue weighted by molar-refractivity contribution is -0.119. The molecular formula is C20H18N4O3. The normalized spacial score (nSPS) is 10.2. The third-order valence-electron chi connectivity index (χ3n) is 3.80. The zero-order valence-corrected chi connectivity index (χ0v) is 14.4. The fourth-order valence-electron chi connectivity index (χ4n) is 2.42. The van der Waals surface area contributed by atoms with Gasteiger partial charge in [0.1, 0.15) is 11.4 Å². The minimum absolute atomic E-state index is 0.0921. The number of carbonyl (C=O) groups excluding carboxylic acids is 1. The van der Waals surface area contributed by atoms with E-state index in [2.05, 4.69) is 20.6 Å². The Hall–Kier alpha value is -3.74. The van der Waals surface area contributed by atoms with Crippen molar-refractivity contribution < 1.29 is 14.7 Å². The summed E-state index contributed by atoms with van der Waals surface area (Å²) < 4.78 is 0. The molecule has 7 heteroatoms. The number of benzene rings is 2. The van der Waals surface area contributed by atoms with Gasteiger partial charge >= 0.3 is 5.97 Å². The van der Waals surface area contributed by atoms with Crippen molar-refractivity contribution in [2.75, 3.05) is 11.9 Å². The van der Waals surface area contributed by atoms with Crippen LogP contribution in [-0.2, 0) is 11.3 Å². The van der Waals surface area contributed by atoms with E-state index in [0.717, 1.165) is 11.1 Å². The summed E-state index contributed by atoms with van der Waals surface area (Å²) in [6.45, 7) is 0.296. The molecule has 0 saturated heterocycles. The quantitative estimate of drug-likeness (QED) is 0.597. The maximum Gasteiger partial charge on any atom is 0.341 e. The molecular weight excluding hydrogens is 344 g/mol. The van der Waals surface area contributed by atoms with Crippen LogP contribution in [0.15, 0.2) is 66.9 Å². The Bertz CT molecular complexity index is 930. The van der Waals surface area contributed by atoms with Crippen LogP contribution in [0.1, 0.15) is 15.9 Å². The van der Waals surface area contributed by atoms with Crippen molar-refractivity contribution in [1.82, 2.24) is 15.3 Å². The van der Waals surface area contributed by atoms with Crippen LogP contribution in [0.2, 0.25) is 0 Å². The van der Waals surface area contributed by atoms with Gasteiger partial charge in [-0.15, -0.1) is 0 Å². The fourth-order valence-corrected chi connectivity index (χ4v) is 2.42. The molecule has 0 aliphatic rings. The average Bonchev–Trinajstić information content (AvgIpc) is 2.71. The number of aromatic carboxylic acids is 1. The van der Waals surface area contributed by atoms with E-state index in [9.17, 15) is 14.7 Å². The van der Waals surface area contributed by atoms with E-state index in [-0.39, 0.29) is 23.8 Å². The minimum atomic E-state index is -1.16. The first kappa shape index (κ1) is 18.1. The number of amides is 1. The SMILES string of the molecule is O=C(CNc1nc(-c2ccccc2)ncc1C(=O)O)NCc1ccccc1. The standard InChI is InChI=1S/C20H18N4O3/c25-17(21-11-14-7-3-1-4-8-14)13-23-19-16(20(26)27)12-22-18(24-19)15-9-5-2-6-10-15/h1-10,12H,11,13H2,(H,21,25)(H,26,27)(H,22,23,24). The second kappa shape index (κ2) is 8.57. The number of anilines is 1. The Morgan fingerprint density at radius 3 is 2.30 bits per heavy atom. The molecule has 0 radical (unpaired) electrons. The van der Waals surface area contributed by atoms with Crippen LogP contribution in [0.4, 0.5) is 5.82 Å². The fraction of sp³-hybridized carbons (Fsp3) is 0.100. The first-order chi connectivity index (χ1) is 13.1. The number of nitrogens with zero attached hydrogens (tertiary/aromatic N) is 2. The van der Waals surface area contributed by atoms with E-state index in [1.807, 2.05) is 60.7 Å². The van der Waals surface area contributed by atoms with Crippen LogP contribution in [0.3, 0.4) is 0 Å². The Kier molecular flexibility index (Phi) is 5.73. The van der Waals surface area contributed by atoms with Crippen LogP contribution in [0, 0.1) is 0 Å². The number of rotatable bonds is 7. The van der Waals surface area contributed by atoms with E-state index in [1.54, 1.807) is 0 Å². The molecule has 2 aromatic carbocycles. The molecule has 0 bridgehead atoms. The summed E-state index contributed by atoms with van der Waals surface area (Å²) in [6, 6.07) is 18.7. The first-order valence-corrected chi connectivity index (χ1v) is 8.34. The molecule has 0 aliphatic carbocycles. The third kappa shape index (κ3) is 4.88. The zero-order valence-electron chi connectivity index (χ0n) is 14.4. The summed E-state index contributed by atoms with van der Waals surface area (Å²) in [7, 11) is 0. The molecule has 0 aliphatic heterocycles. The molecule has 0 fully saturated rings. The second-order valence-electron chi connectivity index (χ2n) is 5.74. The summed E-state index contributed by atoms with van der Waals surface area (Å²) in [5.74, 6) is -0.948. The van der Waals surface area contributed by atoms with Gasteiger partial charge in [0.05, 0.1) is 6.54 Å². The summed E-state index contributed by atoms with van der Waals surface area (Å²) in [4.78, 5) is 31.8. The highest BCUT2D eigenvalue weighted by atomic mass is 16.4. The van der Waals surface area contributed by atoms with Crippen LogP contribution in [0.25, 0.3) is 11.4 Å². The zero-order chi connectivity index (χ0) is 19.1. The molecule has 0 unspecified atom stereocenters. The summed E-state index contributed by atoms with van der Waals surface area (Å²) >= 11 is 0. The number of carboxylic acid groups (broad SMARTS) is 1. The van der Waals surface area contributed by atoms with Gasteiger partial charge in [0, 0.05) is 18.3 Å². The minimum Gasteiger partial charge on any atom is -0.477 e.